The number of benzene rings is 1. The number of halogens is 3. The van der Waals surface area contributed by atoms with E-state index in [1.54, 1.807) is 0 Å². The van der Waals surface area contributed by atoms with Gasteiger partial charge in [-0.1, -0.05) is 12.1 Å². The first-order valence-corrected chi connectivity index (χ1v) is 4.87. The van der Waals surface area contributed by atoms with Gasteiger partial charge < -0.3 is 5.32 Å². The summed E-state index contributed by atoms with van der Waals surface area (Å²) in [4.78, 5) is 9.94. The van der Waals surface area contributed by atoms with Gasteiger partial charge >= 0.3 is 6.18 Å². The van der Waals surface area contributed by atoms with E-state index in [0.717, 1.165) is 17.7 Å². The highest BCUT2D eigenvalue weighted by Gasteiger charge is 2.29. The third-order valence-corrected chi connectivity index (χ3v) is 2.15. The molecule has 1 amide bonds. The molecule has 0 unspecified atom stereocenters. The molecule has 1 rings (SSSR count). The van der Waals surface area contributed by atoms with Crippen LogP contribution in [-0.4, -0.2) is 13.0 Å². The van der Waals surface area contributed by atoms with E-state index >= 15 is 0 Å². The van der Waals surface area contributed by atoms with Crippen LogP contribution in [0.4, 0.5) is 13.2 Å². The molecular formula is C11H12F3NO. The molecule has 0 aliphatic heterocycles. The lowest BCUT2D eigenvalue weighted by atomic mass is 10.1. The Morgan fingerprint density at radius 3 is 2.31 bits per heavy atom. The van der Waals surface area contributed by atoms with Gasteiger partial charge in [-0.15, -0.1) is 0 Å². The Balaban J connectivity index is 2.48. The normalized spacial score (nSPS) is 11.2. The first-order chi connectivity index (χ1) is 7.54. The van der Waals surface area contributed by atoms with Gasteiger partial charge in [-0.25, -0.2) is 0 Å². The summed E-state index contributed by atoms with van der Waals surface area (Å²) >= 11 is 0. The van der Waals surface area contributed by atoms with Crippen LogP contribution in [0.2, 0.25) is 0 Å². The van der Waals surface area contributed by atoms with E-state index in [9.17, 15) is 18.0 Å². The minimum absolute atomic E-state index is 0.532. The fourth-order valence-electron chi connectivity index (χ4n) is 1.31. The lowest BCUT2D eigenvalue weighted by Gasteiger charge is -2.07. The molecule has 0 bridgehead atoms. The zero-order valence-corrected chi connectivity index (χ0v) is 8.55. The summed E-state index contributed by atoms with van der Waals surface area (Å²) in [5.74, 6) is 0. The topological polar surface area (TPSA) is 29.1 Å². The minimum Gasteiger partial charge on any atom is -0.359 e. The second-order valence-electron chi connectivity index (χ2n) is 3.37. The Hall–Kier alpha value is -1.52. The zero-order valence-electron chi connectivity index (χ0n) is 8.55. The average Bonchev–Trinajstić information content (AvgIpc) is 2.24. The Morgan fingerprint density at radius 2 is 1.81 bits per heavy atom. The van der Waals surface area contributed by atoms with Crippen molar-refractivity contribution in [3.05, 3.63) is 35.4 Å². The lowest BCUT2D eigenvalue weighted by molar-refractivity contribution is -0.137. The Kier molecular flexibility index (Phi) is 4.34. The molecule has 0 spiro atoms. The summed E-state index contributed by atoms with van der Waals surface area (Å²) in [6.45, 7) is 0.532. The highest BCUT2D eigenvalue weighted by Crippen LogP contribution is 2.29. The highest BCUT2D eigenvalue weighted by molar-refractivity contribution is 5.45. The first kappa shape index (κ1) is 12.5. The number of carbonyl (C=O) groups excluding carboxylic acids is 1. The lowest BCUT2D eigenvalue weighted by Crippen LogP contribution is -2.12. The van der Waals surface area contributed by atoms with Gasteiger partial charge in [0, 0.05) is 6.54 Å². The van der Waals surface area contributed by atoms with Crippen LogP contribution >= 0.6 is 0 Å². The molecule has 0 fully saturated rings. The van der Waals surface area contributed by atoms with Crippen LogP contribution in [0.15, 0.2) is 24.3 Å². The van der Waals surface area contributed by atoms with Crippen LogP contribution < -0.4 is 5.32 Å². The van der Waals surface area contributed by atoms with Crippen LogP contribution in [0, 0.1) is 0 Å². The molecule has 0 aliphatic carbocycles. The summed E-state index contributed by atoms with van der Waals surface area (Å²) in [6, 6.07) is 5.07. The number of nitrogens with one attached hydrogen (secondary N) is 1. The molecule has 0 heterocycles. The molecule has 0 saturated carbocycles. The van der Waals surface area contributed by atoms with Crippen LogP contribution in [0.5, 0.6) is 0 Å². The fourth-order valence-corrected chi connectivity index (χ4v) is 1.31. The summed E-state index contributed by atoms with van der Waals surface area (Å²) in [7, 11) is 0. The van der Waals surface area contributed by atoms with Crippen molar-refractivity contribution >= 4 is 6.41 Å². The molecule has 0 aromatic heterocycles. The molecule has 1 N–H and O–H groups in total. The number of amides is 1. The Bertz CT molecular complexity index is 332. The maximum absolute atomic E-state index is 12.2. The van der Waals surface area contributed by atoms with Crippen molar-refractivity contribution in [2.45, 2.75) is 19.0 Å². The zero-order chi connectivity index (χ0) is 12.0. The molecule has 16 heavy (non-hydrogen) atoms. The predicted octanol–water partition coefficient (Wildman–Crippen LogP) is 2.38. The molecule has 0 atom stereocenters. The van der Waals surface area contributed by atoms with E-state index in [4.69, 9.17) is 0 Å². The van der Waals surface area contributed by atoms with E-state index in [2.05, 4.69) is 5.32 Å². The molecule has 0 aliphatic rings. The second kappa shape index (κ2) is 5.53. The highest BCUT2D eigenvalue weighted by atomic mass is 19.4. The molecule has 88 valence electrons. The smallest absolute Gasteiger partial charge is 0.359 e. The van der Waals surface area contributed by atoms with Crippen molar-refractivity contribution in [3.8, 4) is 0 Å². The summed E-state index contributed by atoms with van der Waals surface area (Å²) in [5.41, 5.74) is 0.197. The Morgan fingerprint density at radius 1 is 1.19 bits per heavy atom. The van der Waals surface area contributed by atoms with E-state index in [1.165, 1.54) is 12.1 Å². The van der Waals surface area contributed by atoms with E-state index in [0.29, 0.717) is 25.8 Å². The van der Waals surface area contributed by atoms with Gasteiger partial charge in [-0.05, 0) is 30.5 Å². The average molecular weight is 231 g/mol. The van der Waals surface area contributed by atoms with E-state index < -0.39 is 11.7 Å². The van der Waals surface area contributed by atoms with Gasteiger partial charge in [0.05, 0.1) is 5.56 Å². The van der Waals surface area contributed by atoms with Crippen molar-refractivity contribution in [2.75, 3.05) is 6.54 Å². The molecule has 1 aromatic carbocycles. The molecule has 1 aromatic rings. The van der Waals surface area contributed by atoms with Crippen molar-refractivity contribution in [3.63, 3.8) is 0 Å². The largest absolute Gasteiger partial charge is 0.416 e. The number of alkyl halides is 3. The number of hydrogen-bond donors (Lipinski definition) is 1. The number of hydrogen-bond acceptors (Lipinski definition) is 1. The molecule has 2 nitrogen and oxygen atoms in total. The Labute approximate surface area is 91.5 Å². The van der Waals surface area contributed by atoms with Crippen LogP contribution in [0.25, 0.3) is 0 Å². The van der Waals surface area contributed by atoms with Crippen molar-refractivity contribution in [2.24, 2.45) is 0 Å². The van der Waals surface area contributed by atoms with Crippen LogP contribution in [-0.2, 0) is 17.4 Å². The van der Waals surface area contributed by atoms with Gasteiger partial charge in [-0.3, -0.25) is 4.79 Å². The molecule has 0 radical (unpaired) electrons. The fraction of sp³-hybridized carbons (Fsp3) is 0.364. The van der Waals surface area contributed by atoms with Crippen molar-refractivity contribution in [1.82, 2.24) is 5.32 Å². The standard InChI is InChI=1S/C11H12F3NO/c12-11(13,14)10-5-3-9(4-6-10)2-1-7-15-8-16/h3-6,8H,1-2,7H2,(H,15,16). The van der Waals surface area contributed by atoms with Gasteiger partial charge in [0.1, 0.15) is 0 Å². The maximum atomic E-state index is 12.2. The summed E-state index contributed by atoms with van der Waals surface area (Å²) in [5, 5.41) is 2.49. The van der Waals surface area contributed by atoms with Gasteiger partial charge in [0.2, 0.25) is 6.41 Å². The van der Waals surface area contributed by atoms with E-state index in [-0.39, 0.29) is 0 Å². The maximum Gasteiger partial charge on any atom is 0.416 e. The quantitative estimate of drug-likeness (QED) is 0.611. The SMILES string of the molecule is O=CNCCCc1ccc(C(F)(F)F)cc1. The van der Waals surface area contributed by atoms with Crippen molar-refractivity contribution < 1.29 is 18.0 Å². The monoisotopic (exact) mass is 231 g/mol. The number of rotatable bonds is 5. The summed E-state index contributed by atoms with van der Waals surface area (Å²) in [6.07, 6.45) is -2.31. The number of aryl methyl sites for hydroxylation is 1. The molecule has 5 heteroatoms. The molecule has 0 saturated heterocycles. The molecular weight excluding hydrogens is 219 g/mol. The minimum atomic E-state index is -4.28. The van der Waals surface area contributed by atoms with Gasteiger partial charge in [-0.2, -0.15) is 13.2 Å². The summed E-state index contributed by atoms with van der Waals surface area (Å²) < 4.78 is 36.7. The first-order valence-electron chi connectivity index (χ1n) is 4.87. The van der Waals surface area contributed by atoms with Crippen LogP contribution in [0.3, 0.4) is 0 Å². The van der Waals surface area contributed by atoms with Gasteiger partial charge in [0.25, 0.3) is 0 Å². The third kappa shape index (κ3) is 3.92. The van der Waals surface area contributed by atoms with Crippen molar-refractivity contribution in [1.29, 1.82) is 0 Å². The van der Waals surface area contributed by atoms with E-state index in [1.807, 2.05) is 0 Å². The second-order valence-corrected chi connectivity index (χ2v) is 3.37. The predicted molar refractivity (Wildman–Crippen MR) is 53.8 cm³/mol. The van der Waals surface area contributed by atoms with Crippen LogP contribution in [0.1, 0.15) is 17.5 Å². The number of carbonyl (C=O) groups is 1. The van der Waals surface area contributed by atoms with Gasteiger partial charge in [0.15, 0.2) is 0 Å². The third-order valence-electron chi connectivity index (χ3n) is 2.15.